The van der Waals surface area contributed by atoms with Crippen molar-refractivity contribution in [2.45, 2.75) is 26.2 Å². The summed E-state index contributed by atoms with van der Waals surface area (Å²) in [6.45, 7) is 4.68. The van der Waals surface area contributed by atoms with Gasteiger partial charge in [-0.2, -0.15) is 10.1 Å². The number of benzene rings is 2. The van der Waals surface area contributed by atoms with Crippen LogP contribution in [0, 0.1) is 12.8 Å². The molecule has 2 aromatic carbocycles. The molecule has 180 valence electrons. The van der Waals surface area contributed by atoms with Crippen molar-refractivity contribution < 1.29 is 14.4 Å². The van der Waals surface area contributed by atoms with Gasteiger partial charge in [-0.25, -0.2) is 0 Å². The molecule has 1 N–H and O–H groups in total. The summed E-state index contributed by atoms with van der Waals surface area (Å²) in [6, 6.07) is 18.4. The van der Waals surface area contributed by atoms with Crippen molar-refractivity contribution in [3.63, 3.8) is 0 Å². The maximum atomic E-state index is 11.1. The molecule has 1 fully saturated rings. The van der Waals surface area contributed by atoms with E-state index in [0.717, 1.165) is 61.3 Å². The Labute approximate surface area is 204 Å². The van der Waals surface area contributed by atoms with Crippen LogP contribution in [0.5, 0.6) is 0 Å². The van der Waals surface area contributed by atoms with E-state index in [4.69, 9.17) is 9.63 Å². The van der Waals surface area contributed by atoms with E-state index >= 15 is 0 Å². The molecule has 8 heteroatoms. The van der Waals surface area contributed by atoms with E-state index in [-0.39, 0.29) is 5.92 Å². The quantitative estimate of drug-likeness (QED) is 0.425. The third kappa shape index (κ3) is 5.02. The molecule has 3 heterocycles. The van der Waals surface area contributed by atoms with Crippen molar-refractivity contribution in [2.75, 3.05) is 19.6 Å². The van der Waals surface area contributed by atoms with Crippen LogP contribution in [-0.2, 0) is 18.3 Å². The SMILES string of the molecule is Cc1cc(CCN2CCC(C(=O)O)CC2)ccc1-c1noc(-c2cc(-c3ccccc3)n(C)n2)n1. The lowest BCUT2D eigenvalue weighted by atomic mass is 9.96. The van der Waals surface area contributed by atoms with Gasteiger partial charge in [0.1, 0.15) is 0 Å². The molecule has 0 bridgehead atoms. The lowest BCUT2D eigenvalue weighted by molar-refractivity contribution is -0.143. The molecule has 35 heavy (non-hydrogen) atoms. The van der Waals surface area contributed by atoms with Gasteiger partial charge in [-0.1, -0.05) is 53.7 Å². The largest absolute Gasteiger partial charge is 0.481 e. The van der Waals surface area contributed by atoms with Gasteiger partial charge in [0.05, 0.1) is 11.6 Å². The first-order valence-corrected chi connectivity index (χ1v) is 12.0. The summed E-state index contributed by atoms with van der Waals surface area (Å²) in [6.07, 6.45) is 2.39. The second-order valence-electron chi connectivity index (χ2n) is 9.18. The fourth-order valence-electron chi connectivity index (χ4n) is 4.71. The highest BCUT2D eigenvalue weighted by atomic mass is 16.5. The number of hydrogen-bond donors (Lipinski definition) is 1. The molecule has 2 aromatic heterocycles. The van der Waals surface area contributed by atoms with Crippen molar-refractivity contribution in [3.05, 3.63) is 65.7 Å². The van der Waals surface area contributed by atoms with E-state index in [9.17, 15) is 4.79 Å². The number of aromatic nitrogens is 4. The van der Waals surface area contributed by atoms with E-state index in [1.54, 1.807) is 0 Å². The van der Waals surface area contributed by atoms with E-state index in [0.29, 0.717) is 17.4 Å². The summed E-state index contributed by atoms with van der Waals surface area (Å²) < 4.78 is 7.38. The summed E-state index contributed by atoms with van der Waals surface area (Å²) in [5.74, 6) is 0.0848. The van der Waals surface area contributed by atoms with E-state index in [2.05, 4.69) is 39.2 Å². The highest BCUT2D eigenvalue weighted by molar-refractivity contribution is 5.70. The zero-order chi connectivity index (χ0) is 24.4. The molecule has 0 atom stereocenters. The van der Waals surface area contributed by atoms with E-state index in [1.807, 2.05) is 54.2 Å². The summed E-state index contributed by atoms with van der Waals surface area (Å²) >= 11 is 0. The number of aryl methyl sites for hydroxylation is 2. The number of likely N-dealkylation sites (tertiary alicyclic amines) is 1. The Morgan fingerprint density at radius 2 is 1.89 bits per heavy atom. The number of carbonyl (C=O) groups is 1. The standard InChI is InChI=1S/C27H29N5O3/c1-18-16-19(10-13-32-14-11-21(12-15-32)27(33)34)8-9-22(18)25-28-26(35-30-25)23-17-24(31(2)29-23)20-6-4-3-5-7-20/h3-9,16-17,21H,10-15H2,1-2H3,(H,33,34). The minimum atomic E-state index is -0.667. The maximum absolute atomic E-state index is 11.1. The van der Waals surface area contributed by atoms with Crippen LogP contribution in [0.15, 0.2) is 59.1 Å². The van der Waals surface area contributed by atoms with Crippen LogP contribution < -0.4 is 0 Å². The molecule has 0 aliphatic carbocycles. The molecule has 0 unspecified atom stereocenters. The Morgan fingerprint density at radius 3 is 2.60 bits per heavy atom. The smallest absolute Gasteiger partial charge is 0.306 e. The van der Waals surface area contributed by atoms with Gasteiger partial charge in [0.2, 0.25) is 5.82 Å². The van der Waals surface area contributed by atoms with Crippen LogP contribution in [0.1, 0.15) is 24.0 Å². The average molecular weight is 472 g/mol. The number of carboxylic acids is 1. The monoisotopic (exact) mass is 471 g/mol. The van der Waals surface area contributed by atoms with E-state index < -0.39 is 5.97 Å². The van der Waals surface area contributed by atoms with Crippen LogP contribution in [0.3, 0.4) is 0 Å². The number of aliphatic carboxylic acids is 1. The molecule has 0 saturated carbocycles. The first-order chi connectivity index (χ1) is 17.0. The van der Waals surface area contributed by atoms with Gasteiger partial charge < -0.3 is 14.5 Å². The Balaban J connectivity index is 1.26. The summed E-state index contributed by atoms with van der Waals surface area (Å²) in [5, 5.41) is 18.0. The van der Waals surface area contributed by atoms with Gasteiger partial charge in [0.15, 0.2) is 5.69 Å². The molecule has 0 amide bonds. The Hall–Kier alpha value is -3.78. The zero-order valence-corrected chi connectivity index (χ0v) is 20.0. The number of carboxylic acid groups (broad SMARTS) is 1. The van der Waals surface area contributed by atoms with Crippen LogP contribution in [0.4, 0.5) is 0 Å². The van der Waals surface area contributed by atoms with Crippen LogP contribution in [0.25, 0.3) is 34.2 Å². The number of piperidine rings is 1. The predicted octanol–water partition coefficient (Wildman–Crippen LogP) is 4.45. The lowest BCUT2D eigenvalue weighted by Gasteiger charge is -2.30. The number of hydrogen-bond acceptors (Lipinski definition) is 6. The van der Waals surface area contributed by atoms with Crippen molar-refractivity contribution >= 4 is 5.97 Å². The Bertz CT molecular complexity index is 1320. The second kappa shape index (κ2) is 9.84. The number of nitrogens with zero attached hydrogens (tertiary/aromatic N) is 5. The average Bonchev–Trinajstić information content (AvgIpc) is 3.50. The van der Waals surface area contributed by atoms with Gasteiger partial charge in [-0.05, 0) is 62.0 Å². The van der Waals surface area contributed by atoms with Gasteiger partial charge in [-0.15, -0.1) is 0 Å². The molecule has 0 radical (unpaired) electrons. The Kier molecular flexibility index (Phi) is 6.46. The fraction of sp³-hybridized carbons (Fsp3) is 0.333. The maximum Gasteiger partial charge on any atom is 0.306 e. The summed E-state index contributed by atoms with van der Waals surface area (Å²) in [4.78, 5) is 18.1. The van der Waals surface area contributed by atoms with Crippen LogP contribution in [0.2, 0.25) is 0 Å². The minimum Gasteiger partial charge on any atom is -0.481 e. The third-order valence-electron chi connectivity index (χ3n) is 6.78. The highest BCUT2D eigenvalue weighted by Gasteiger charge is 2.24. The normalized spacial score (nSPS) is 14.9. The van der Waals surface area contributed by atoms with E-state index in [1.165, 1.54) is 5.56 Å². The summed E-state index contributed by atoms with van der Waals surface area (Å²) in [5.41, 5.74) is 5.97. The zero-order valence-electron chi connectivity index (χ0n) is 20.0. The van der Waals surface area contributed by atoms with Crippen LogP contribution in [-0.4, -0.2) is 55.5 Å². The molecule has 1 aliphatic heterocycles. The van der Waals surface area contributed by atoms with Crippen molar-refractivity contribution in [2.24, 2.45) is 13.0 Å². The van der Waals surface area contributed by atoms with Crippen molar-refractivity contribution in [1.29, 1.82) is 0 Å². The summed E-state index contributed by atoms with van der Waals surface area (Å²) in [7, 11) is 1.90. The van der Waals surface area contributed by atoms with Crippen molar-refractivity contribution in [3.8, 4) is 34.2 Å². The van der Waals surface area contributed by atoms with Gasteiger partial charge in [-0.3, -0.25) is 9.48 Å². The number of rotatable bonds is 7. The van der Waals surface area contributed by atoms with Gasteiger partial charge in [0.25, 0.3) is 5.89 Å². The minimum absolute atomic E-state index is 0.191. The second-order valence-corrected chi connectivity index (χ2v) is 9.18. The fourth-order valence-corrected chi connectivity index (χ4v) is 4.71. The molecule has 1 aliphatic rings. The van der Waals surface area contributed by atoms with Crippen molar-refractivity contribution in [1.82, 2.24) is 24.8 Å². The predicted molar refractivity (Wildman–Crippen MR) is 133 cm³/mol. The first-order valence-electron chi connectivity index (χ1n) is 12.0. The topological polar surface area (TPSA) is 97.3 Å². The van der Waals surface area contributed by atoms with Crippen LogP contribution >= 0.6 is 0 Å². The first kappa shape index (κ1) is 23.0. The molecular weight excluding hydrogens is 442 g/mol. The third-order valence-corrected chi connectivity index (χ3v) is 6.78. The Morgan fingerprint density at radius 1 is 1.11 bits per heavy atom. The molecular formula is C27H29N5O3. The molecule has 0 spiro atoms. The lowest BCUT2D eigenvalue weighted by Crippen LogP contribution is -2.37. The molecule has 5 rings (SSSR count). The highest BCUT2D eigenvalue weighted by Crippen LogP contribution is 2.28. The molecule has 8 nitrogen and oxygen atoms in total. The van der Waals surface area contributed by atoms with Gasteiger partial charge >= 0.3 is 5.97 Å². The van der Waals surface area contributed by atoms with Gasteiger partial charge in [0, 0.05) is 19.2 Å². The molecule has 4 aromatic rings. The molecule has 1 saturated heterocycles.